The zero-order chi connectivity index (χ0) is 24.0. The molecular weight excluding hydrogens is 432 g/mol. The Morgan fingerprint density at radius 3 is 2.09 bits per heavy atom. The van der Waals surface area contributed by atoms with Gasteiger partial charge in [-0.15, -0.1) is 0 Å². The molecule has 3 aliphatic carbocycles. The Kier molecular flexibility index (Phi) is 6.53. The Hall–Kier alpha value is -1.68. The Morgan fingerprint density at radius 2 is 1.49 bits per heavy atom. The topological polar surface area (TPSA) is 40.6 Å². The molecule has 2 saturated heterocycles. The molecule has 4 unspecified atom stereocenters. The minimum atomic E-state index is -0.197. The van der Waals surface area contributed by atoms with Crippen molar-refractivity contribution in [3.8, 4) is 0 Å². The fourth-order valence-corrected chi connectivity index (χ4v) is 8.68. The lowest BCUT2D eigenvalue weighted by Gasteiger charge is -2.56. The van der Waals surface area contributed by atoms with Gasteiger partial charge >= 0.3 is 0 Å². The maximum Gasteiger partial charge on any atom is 0.227 e. The van der Waals surface area contributed by atoms with E-state index in [1.54, 1.807) is 6.92 Å². The summed E-state index contributed by atoms with van der Waals surface area (Å²) in [4.78, 5) is 31.1. The second-order valence-electron chi connectivity index (χ2n) is 12.8. The van der Waals surface area contributed by atoms with Crippen LogP contribution in [0.4, 0.5) is 5.69 Å². The van der Waals surface area contributed by atoms with Crippen molar-refractivity contribution in [1.82, 2.24) is 4.90 Å². The number of rotatable bonds is 7. The third-order valence-electron chi connectivity index (χ3n) is 10.6. The van der Waals surface area contributed by atoms with Crippen LogP contribution in [0.15, 0.2) is 30.3 Å². The Morgan fingerprint density at radius 1 is 0.857 bits per heavy atom. The first-order chi connectivity index (χ1) is 17.0. The molecule has 3 saturated carbocycles. The van der Waals surface area contributed by atoms with Crippen LogP contribution < -0.4 is 4.90 Å². The SMILES string of the molecule is CC(=O)C1(CCC(=O)N(c2ccccc2)C2CC3CCCC(C2)N3C2CC3CCCC(C3)C2)CC1. The summed E-state index contributed by atoms with van der Waals surface area (Å²) in [6.07, 6.45) is 18.0. The van der Waals surface area contributed by atoms with Gasteiger partial charge in [0.25, 0.3) is 0 Å². The lowest BCUT2D eigenvalue weighted by Crippen LogP contribution is -2.62. The van der Waals surface area contributed by atoms with Gasteiger partial charge in [0.1, 0.15) is 5.78 Å². The van der Waals surface area contributed by atoms with E-state index in [1.165, 1.54) is 57.8 Å². The summed E-state index contributed by atoms with van der Waals surface area (Å²) in [5, 5.41) is 0. The monoisotopic (exact) mass is 476 g/mol. The summed E-state index contributed by atoms with van der Waals surface area (Å²) in [5.74, 6) is 2.43. The van der Waals surface area contributed by atoms with Crippen LogP contribution in [-0.4, -0.2) is 40.8 Å². The molecule has 5 aliphatic rings. The second-order valence-corrected chi connectivity index (χ2v) is 12.8. The van der Waals surface area contributed by atoms with Gasteiger partial charge in [-0.05, 0) is 95.1 Å². The molecule has 0 N–H and O–H groups in total. The number of nitrogens with zero attached hydrogens (tertiary/aromatic N) is 2. The zero-order valence-corrected chi connectivity index (χ0v) is 21.7. The van der Waals surface area contributed by atoms with Gasteiger partial charge in [0.2, 0.25) is 5.91 Å². The first-order valence-electron chi connectivity index (χ1n) is 14.7. The number of carbonyl (C=O) groups is 2. The van der Waals surface area contributed by atoms with Crippen molar-refractivity contribution >= 4 is 17.4 Å². The molecule has 5 fully saturated rings. The molecule has 2 heterocycles. The first kappa shape index (κ1) is 23.7. The molecule has 0 aromatic heterocycles. The zero-order valence-electron chi connectivity index (χ0n) is 21.7. The second kappa shape index (κ2) is 9.65. The van der Waals surface area contributed by atoms with Crippen LogP contribution in [0.2, 0.25) is 0 Å². The lowest BCUT2D eigenvalue weighted by atomic mass is 9.68. The van der Waals surface area contributed by atoms with Crippen molar-refractivity contribution in [2.75, 3.05) is 4.90 Å². The third kappa shape index (κ3) is 4.72. The van der Waals surface area contributed by atoms with Crippen molar-refractivity contribution in [3.63, 3.8) is 0 Å². The van der Waals surface area contributed by atoms with Crippen LogP contribution in [0.5, 0.6) is 0 Å². The number of Topliss-reactive ketones (excluding diaryl/α,β-unsaturated/α-hetero) is 1. The molecule has 1 aromatic rings. The number of ketones is 1. The van der Waals surface area contributed by atoms with Gasteiger partial charge in [0, 0.05) is 41.7 Å². The summed E-state index contributed by atoms with van der Waals surface area (Å²) < 4.78 is 0. The van der Waals surface area contributed by atoms with Crippen LogP contribution in [0.3, 0.4) is 0 Å². The number of anilines is 1. The van der Waals surface area contributed by atoms with Gasteiger partial charge in [-0.25, -0.2) is 0 Å². The van der Waals surface area contributed by atoms with E-state index in [9.17, 15) is 9.59 Å². The molecule has 190 valence electrons. The van der Waals surface area contributed by atoms with Crippen molar-refractivity contribution in [2.45, 2.75) is 127 Å². The van der Waals surface area contributed by atoms with Crippen LogP contribution in [0.1, 0.15) is 103 Å². The molecule has 4 nitrogen and oxygen atoms in total. The van der Waals surface area contributed by atoms with Crippen LogP contribution >= 0.6 is 0 Å². The first-order valence-corrected chi connectivity index (χ1v) is 14.7. The van der Waals surface area contributed by atoms with Crippen molar-refractivity contribution in [2.24, 2.45) is 17.3 Å². The van der Waals surface area contributed by atoms with Crippen LogP contribution in [0, 0.1) is 17.3 Å². The summed E-state index contributed by atoms with van der Waals surface area (Å²) >= 11 is 0. The van der Waals surface area contributed by atoms with E-state index in [0.29, 0.717) is 18.5 Å². The number of amides is 1. The highest BCUT2D eigenvalue weighted by molar-refractivity contribution is 5.95. The van der Waals surface area contributed by atoms with Gasteiger partial charge < -0.3 is 4.90 Å². The highest BCUT2D eigenvalue weighted by Gasteiger charge is 2.49. The molecule has 4 atom stereocenters. The molecule has 0 radical (unpaired) electrons. The molecular formula is C31H44N2O2. The molecule has 4 heteroatoms. The van der Waals surface area contributed by atoms with Gasteiger partial charge in [0.05, 0.1) is 0 Å². The van der Waals surface area contributed by atoms with Crippen molar-refractivity contribution in [3.05, 3.63) is 30.3 Å². The van der Waals surface area contributed by atoms with E-state index >= 15 is 0 Å². The predicted octanol–water partition coefficient (Wildman–Crippen LogP) is 6.52. The average molecular weight is 477 g/mol. The van der Waals surface area contributed by atoms with Crippen molar-refractivity contribution < 1.29 is 9.59 Å². The van der Waals surface area contributed by atoms with Gasteiger partial charge in [-0.3, -0.25) is 14.5 Å². The minimum absolute atomic E-state index is 0.197. The Bertz CT molecular complexity index is 899. The average Bonchev–Trinajstić information content (AvgIpc) is 3.64. The largest absolute Gasteiger partial charge is 0.309 e. The summed E-state index contributed by atoms with van der Waals surface area (Å²) in [7, 11) is 0. The summed E-state index contributed by atoms with van der Waals surface area (Å²) in [6.45, 7) is 1.71. The normalized spacial score (nSPS) is 35.8. The van der Waals surface area contributed by atoms with E-state index in [-0.39, 0.29) is 23.1 Å². The van der Waals surface area contributed by atoms with Crippen LogP contribution in [-0.2, 0) is 9.59 Å². The van der Waals surface area contributed by atoms with Crippen LogP contribution in [0.25, 0.3) is 0 Å². The predicted molar refractivity (Wildman–Crippen MR) is 140 cm³/mol. The van der Waals surface area contributed by atoms with Gasteiger partial charge in [-0.2, -0.15) is 0 Å². The minimum Gasteiger partial charge on any atom is -0.309 e. The maximum absolute atomic E-state index is 13.8. The van der Waals surface area contributed by atoms with Crippen molar-refractivity contribution in [1.29, 1.82) is 0 Å². The number of hydrogen-bond donors (Lipinski definition) is 0. The number of para-hydroxylation sites is 1. The molecule has 1 amide bonds. The van der Waals surface area contributed by atoms with E-state index in [1.807, 2.05) is 6.07 Å². The van der Waals surface area contributed by atoms with E-state index in [4.69, 9.17) is 0 Å². The molecule has 35 heavy (non-hydrogen) atoms. The smallest absolute Gasteiger partial charge is 0.227 e. The number of hydrogen-bond acceptors (Lipinski definition) is 3. The number of benzene rings is 1. The summed E-state index contributed by atoms with van der Waals surface area (Å²) in [5.41, 5.74) is 0.852. The van der Waals surface area contributed by atoms with E-state index in [0.717, 1.165) is 55.7 Å². The quantitative estimate of drug-likeness (QED) is 0.450. The fraction of sp³-hybridized carbons (Fsp3) is 0.742. The fourth-order valence-electron chi connectivity index (χ4n) is 8.68. The van der Waals surface area contributed by atoms with Gasteiger partial charge in [0.15, 0.2) is 0 Å². The van der Waals surface area contributed by atoms with E-state index < -0.39 is 0 Å². The number of piperidine rings is 2. The number of fused-ring (bicyclic) bond motifs is 4. The number of carbonyl (C=O) groups excluding carboxylic acids is 2. The Labute approximate surface area is 211 Å². The third-order valence-corrected chi connectivity index (χ3v) is 10.6. The highest BCUT2D eigenvalue weighted by Crippen LogP contribution is 2.51. The van der Waals surface area contributed by atoms with Gasteiger partial charge in [-0.1, -0.05) is 43.9 Å². The van der Waals surface area contributed by atoms with E-state index in [2.05, 4.69) is 34.1 Å². The molecule has 4 bridgehead atoms. The molecule has 6 rings (SSSR count). The highest BCUT2D eigenvalue weighted by atomic mass is 16.2. The molecule has 2 aliphatic heterocycles. The lowest BCUT2D eigenvalue weighted by molar-refractivity contribution is -0.123. The molecule has 1 aromatic carbocycles. The standard InChI is InChI=1S/C31H44N2O2/c1-22(34)31(15-16-31)14-13-30(35)33(25-9-3-2-4-10-25)29-20-26-11-6-12-27(21-29)32(26)28-18-23-7-5-8-24(17-23)19-28/h2-4,9-10,23-24,26-29H,5-8,11-21H2,1H3. The maximum atomic E-state index is 13.8. The molecule has 0 spiro atoms. The Balaban J connectivity index is 1.20. The summed E-state index contributed by atoms with van der Waals surface area (Å²) in [6, 6.07) is 12.7.